The Hall–Kier alpha value is -0.223. The van der Waals surface area contributed by atoms with Crippen molar-refractivity contribution in [3.63, 3.8) is 0 Å². The zero-order valence-electron chi connectivity index (χ0n) is 26.3. The maximum Gasteiger partial charge on any atom is 0.192 e. The minimum Gasteiger partial charge on any atom is -0.414 e. The van der Waals surface area contributed by atoms with Crippen LogP contribution < -0.4 is 0 Å². The Labute approximate surface area is 244 Å². The van der Waals surface area contributed by atoms with Crippen LogP contribution >= 0.6 is 0 Å². The molecular formula is C28H60O11Si. The second-order valence-electron chi connectivity index (χ2n) is 10.3. The molecule has 0 bridgehead atoms. The molecule has 40 heavy (non-hydrogen) atoms. The van der Waals surface area contributed by atoms with Gasteiger partial charge in [-0.25, -0.2) is 0 Å². The number of rotatable bonds is 32. The van der Waals surface area contributed by atoms with Gasteiger partial charge in [0.15, 0.2) is 8.32 Å². The largest absolute Gasteiger partial charge is 0.414 e. The van der Waals surface area contributed by atoms with Crippen LogP contribution in [0.4, 0.5) is 0 Å². The molecule has 0 radical (unpaired) electrons. The summed E-state index contributed by atoms with van der Waals surface area (Å²) >= 11 is 0. The molecule has 0 aliphatic carbocycles. The van der Waals surface area contributed by atoms with Crippen LogP contribution in [-0.4, -0.2) is 147 Å². The lowest BCUT2D eigenvalue weighted by Gasteiger charge is -2.36. The minimum absolute atomic E-state index is 0.221. The van der Waals surface area contributed by atoms with Gasteiger partial charge in [0.1, 0.15) is 0 Å². The van der Waals surface area contributed by atoms with Crippen LogP contribution in [0.5, 0.6) is 0 Å². The molecule has 242 valence electrons. The summed E-state index contributed by atoms with van der Waals surface area (Å²) in [6, 6.07) is 0. The van der Waals surface area contributed by atoms with Crippen LogP contribution in [0.2, 0.25) is 18.1 Å². The quantitative estimate of drug-likeness (QED) is 0.0840. The lowest BCUT2D eigenvalue weighted by Crippen LogP contribution is -2.41. The average molecular weight is 601 g/mol. The van der Waals surface area contributed by atoms with Crippen LogP contribution in [0.3, 0.4) is 0 Å². The molecule has 0 aromatic heterocycles. The van der Waals surface area contributed by atoms with Crippen molar-refractivity contribution in [1.29, 1.82) is 0 Å². The van der Waals surface area contributed by atoms with Gasteiger partial charge in [-0.05, 0) is 25.1 Å². The van der Waals surface area contributed by atoms with Crippen LogP contribution in [0.15, 0.2) is 0 Å². The topological polar surface area (TPSA) is 102 Å². The molecule has 0 aromatic carbocycles. The molecule has 0 rings (SSSR count). The number of ether oxygens (including phenoxy) is 10. The zero-order valence-corrected chi connectivity index (χ0v) is 27.3. The summed E-state index contributed by atoms with van der Waals surface area (Å²) in [5.41, 5.74) is 0. The summed E-state index contributed by atoms with van der Waals surface area (Å²) in [5, 5.41) is 0.221. The van der Waals surface area contributed by atoms with Crippen molar-refractivity contribution in [2.75, 3.05) is 139 Å². The van der Waals surface area contributed by atoms with E-state index in [0.29, 0.717) is 139 Å². The second kappa shape index (κ2) is 28.9. The molecule has 0 aliphatic heterocycles. The SMILES string of the molecule is CCOCCOCCOCCOCCOCCOCCOCCOCCOCCOCCO[Si](C)(C)C(C)(C)C. The molecule has 12 heteroatoms. The third-order valence-electron chi connectivity index (χ3n) is 6.05. The van der Waals surface area contributed by atoms with Gasteiger partial charge in [0.2, 0.25) is 0 Å². The Morgan fingerprint density at radius 2 is 0.550 bits per heavy atom. The molecule has 0 aromatic rings. The molecular weight excluding hydrogens is 540 g/mol. The van der Waals surface area contributed by atoms with E-state index < -0.39 is 8.32 Å². The summed E-state index contributed by atoms with van der Waals surface area (Å²) < 4.78 is 60.5. The van der Waals surface area contributed by atoms with Gasteiger partial charge >= 0.3 is 0 Å². The molecule has 0 saturated heterocycles. The predicted octanol–water partition coefficient (Wildman–Crippen LogP) is 3.19. The first kappa shape index (κ1) is 39.8. The van der Waals surface area contributed by atoms with Crippen molar-refractivity contribution in [1.82, 2.24) is 0 Å². The standard InChI is InChI=1S/C28H60O11Si/c1-7-29-8-9-30-10-11-31-12-13-32-14-15-33-16-17-34-18-19-35-20-21-36-22-23-37-24-25-38-26-27-39-40(5,6)28(2,3)4/h7-27H2,1-6H3. The first-order valence-corrected chi connectivity index (χ1v) is 17.6. The first-order valence-electron chi connectivity index (χ1n) is 14.7. The second-order valence-corrected chi connectivity index (χ2v) is 15.1. The monoisotopic (exact) mass is 600 g/mol. The van der Waals surface area contributed by atoms with Gasteiger partial charge in [0.05, 0.1) is 132 Å². The summed E-state index contributed by atoms with van der Waals surface area (Å²) in [6.07, 6.45) is 0. The summed E-state index contributed by atoms with van der Waals surface area (Å²) in [5.74, 6) is 0. The molecule has 0 unspecified atom stereocenters. The van der Waals surface area contributed by atoms with E-state index in [1.165, 1.54) is 0 Å². The summed E-state index contributed by atoms with van der Waals surface area (Å²) in [6.45, 7) is 24.9. The van der Waals surface area contributed by atoms with Gasteiger partial charge in [-0.15, -0.1) is 0 Å². The zero-order chi connectivity index (χ0) is 29.6. The van der Waals surface area contributed by atoms with Crippen molar-refractivity contribution in [2.24, 2.45) is 0 Å². The van der Waals surface area contributed by atoms with Gasteiger partial charge in [0.25, 0.3) is 0 Å². The molecule has 0 fully saturated rings. The van der Waals surface area contributed by atoms with Crippen molar-refractivity contribution >= 4 is 8.32 Å². The minimum atomic E-state index is -1.69. The molecule has 11 nitrogen and oxygen atoms in total. The van der Waals surface area contributed by atoms with E-state index in [-0.39, 0.29) is 5.04 Å². The third kappa shape index (κ3) is 27.9. The van der Waals surface area contributed by atoms with E-state index in [2.05, 4.69) is 33.9 Å². The molecule has 0 saturated carbocycles. The van der Waals surface area contributed by atoms with Crippen molar-refractivity contribution in [2.45, 2.75) is 45.8 Å². The van der Waals surface area contributed by atoms with E-state index in [0.717, 1.165) is 0 Å². The van der Waals surface area contributed by atoms with Crippen molar-refractivity contribution in [3.05, 3.63) is 0 Å². The molecule has 0 N–H and O–H groups in total. The number of hydrogen-bond donors (Lipinski definition) is 0. The van der Waals surface area contributed by atoms with E-state index in [1.54, 1.807) is 0 Å². The lowest BCUT2D eigenvalue weighted by molar-refractivity contribution is -0.0266. The molecule has 0 heterocycles. The van der Waals surface area contributed by atoms with E-state index in [4.69, 9.17) is 51.8 Å². The fraction of sp³-hybridized carbons (Fsp3) is 1.00. The highest BCUT2D eigenvalue weighted by Crippen LogP contribution is 2.36. The molecule has 0 aliphatic rings. The molecule has 0 spiro atoms. The maximum absolute atomic E-state index is 6.07. The highest BCUT2D eigenvalue weighted by molar-refractivity contribution is 6.74. The molecule has 0 atom stereocenters. The fourth-order valence-corrected chi connectivity index (χ4v) is 3.72. The summed E-state index contributed by atoms with van der Waals surface area (Å²) in [4.78, 5) is 0. The van der Waals surface area contributed by atoms with Gasteiger partial charge in [-0.2, -0.15) is 0 Å². The Bertz CT molecular complexity index is 507. The van der Waals surface area contributed by atoms with Crippen LogP contribution in [0.1, 0.15) is 27.7 Å². The normalized spacial score (nSPS) is 12.4. The Balaban J connectivity index is 3.12. The first-order chi connectivity index (χ1) is 19.3. The summed E-state index contributed by atoms with van der Waals surface area (Å²) in [7, 11) is -1.69. The predicted molar refractivity (Wildman–Crippen MR) is 157 cm³/mol. The average Bonchev–Trinajstić information content (AvgIpc) is 2.91. The van der Waals surface area contributed by atoms with Crippen molar-refractivity contribution < 1.29 is 51.8 Å². The van der Waals surface area contributed by atoms with Crippen LogP contribution in [0, 0.1) is 0 Å². The van der Waals surface area contributed by atoms with E-state index in [9.17, 15) is 0 Å². The maximum atomic E-state index is 6.07. The van der Waals surface area contributed by atoms with Gasteiger partial charge in [0, 0.05) is 6.61 Å². The fourth-order valence-electron chi connectivity index (χ4n) is 2.70. The highest BCUT2D eigenvalue weighted by Gasteiger charge is 2.36. The van der Waals surface area contributed by atoms with E-state index in [1.807, 2.05) is 6.92 Å². The Morgan fingerprint density at radius 3 is 0.750 bits per heavy atom. The van der Waals surface area contributed by atoms with Gasteiger partial charge in [-0.1, -0.05) is 20.8 Å². The highest BCUT2D eigenvalue weighted by atomic mass is 28.4. The Morgan fingerprint density at radius 1 is 0.350 bits per heavy atom. The van der Waals surface area contributed by atoms with Crippen LogP contribution in [-0.2, 0) is 51.8 Å². The smallest absolute Gasteiger partial charge is 0.192 e. The van der Waals surface area contributed by atoms with E-state index >= 15 is 0 Å². The van der Waals surface area contributed by atoms with Crippen molar-refractivity contribution in [3.8, 4) is 0 Å². The number of hydrogen-bond acceptors (Lipinski definition) is 11. The van der Waals surface area contributed by atoms with Crippen LogP contribution in [0.25, 0.3) is 0 Å². The van der Waals surface area contributed by atoms with Gasteiger partial charge < -0.3 is 51.8 Å². The third-order valence-corrected chi connectivity index (χ3v) is 10.6. The van der Waals surface area contributed by atoms with Gasteiger partial charge in [-0.3, -0.25) is 0 Å². The molecule has 0 amide bonds. The Kier molecular flexibility index (Phi) is 28.7. The lowest BCUT2D eigenvalue weighted by atomic mass is 10.2.